The van der Waals surface area contributed by atoms with Crippen molar-refractivity contribution >= 4 is 5.91 Å². The fourth-order valence-electron chi connectivity index (χ4n) is 2.80. The molecule has 28 heavy (non-hydrogen) atoms. The van der Waals surface area contributed by atoms with Crippen LogP contribution in [0.3, 0.4) is 0 Å². The van der Waals surface area contributed by atoms with E-state index in [1.807, 2.05) is 24.3 Å². The molecule has 1 amide bonds. The average molecular weight is 384 g/mol. The van der Waals surface area contributed by atoms with Gasteiger partial charge in [-0.2, -0.15) is 10.1 Å². The molecule has 2 N–H and O–H groups in total. The summed E-state index contributed by atoms with van der Waals surface area (Å²) in [7, 11) is 1.63. The molecule has 0 bridgehead atoms. The summed E-state index contributed by atoms with van der Waals surface area (Å²) in [5, 5.41) is 13.4. The summed E-state index contributed by atoms with van der Waals surface area (Å²) in [6.45, 7) is 4.15. The second-order valence-corrected chi connectivity index (χ2v) is 6.89. The summed E-state index contributed by atoms with van der Waals surface area (Å²) in [6, 6.07) is 7.34. The maximum absolute atomic E-state index is 12.5. The lowest BCUT2D eigenvalue weighted by atomic mass is 10.0. The number of carbonyl (C=O) groups is 1. The molecule has 1 atom stereocenters. The molecule has 0 aliphatic carbocycles. The largest absolute Gasteiger partial charge is 0.497 e. The van der Waals surface area contributed by atoms with Gasteiger partial charge in [0, 0.05) is 6.42 Å². The SMILES string of the molecule is COc1ccc(CCC(=O)N[C@@H](CC(C)C)c2nc(-c3ncn[nH]3)no2)cc1. The molecule has 9 heteroatoms. The van der Waals surface area contributed by atoms with Gasteiger partial charge in [-0.3, -0.25) is 9.89 Å². The number of nitrogens with one attached hydrogen (secondary N) is 2. The van der Waals surface area contributed by atoms with Crippen molar-refractivity contribution in [3.63, 3.8) is 0 Å². The zero-order valence-electron chi connectivity index (χ0n) is 16.2. The number of aromatic amines is 1. The van der Waals surface area contributed by atoms with Gasteiger partial charge in [-0.1, -0.05) is 31.1 Å². The van der Waals surface area contributed by atoms with Crippen LogP contribution in [-0.4, -0.2) is 38.3 Å². The molecule has 3 aromatic rings. The molecule has 2 aromatic heterocycles. The van der Waals surface area contributed by atoms with Crippen molar-refractivity contribution in [3.8, 4) is 17.4 Å². The molecule has 3 rings (SSSR count). The quantitative estimate of drug-likeness (QED) is 0.582. The van der Waals surface area contributed by atoms with Gasteiger partial charge in [0.1, 0.15) is 18.1 Å². The van der Waals surface area contributed by atoms with Crippen molar-refractivity contribution in [1.82, 2.24) is 30.6 Å². The van der Waals surface area contributed by atoms with E-state index in [2.05, 4.69) is 44.5 Å². The molecule has 148 valence electrons. The Bertz CT molecular complexity index is 873. The third-order valence-corrected chi connectivity index (χ3v) is 4.21. The van der Waals surface area contributed by atoms with Crippen molar-refractivity contribution in [1.29, 1.82) is 0 Å². The van der Waals surface area contributed by atoms with Gasteiger partial charge in [0.15, 0.2) is 5.82 Å². The molecule has 0 aliphatic rings. The first-order chi connectivity index (χ1) is 13.5. The van der Waals surface area contributed by atoms with Crippen LogP contribution in [0.25, 0.3) is 11.6 Å². The maximum Gasteiger partial charge on any atom is 0.249 e. The molecule has 9 nitrogen and oxygen atoms in total. The fourth-order valence-corrected chi connectivity index (χ4v) is 2.80. The van der Waals surface area contributed by atoms with Gasteiger partial charge < -0.3 is 14.6 Å². The minimum atomic E-state index is -0.354. The Morgan fingerprint density at radius 2 is 2.07 bits per heavy atom. The molecule has 0 radical (unpaired) electrons. The standard InChI is InChI=1S/C19H24N6O3/c1-12(2)10-15(19-23-18(25-28-19)17-20-11-21-24-17)22-16(26)9-6-13-4-7-14(27-3)8-5-13/h4-5,7-8,11-12,15H,6,9-10H2,1-3H3,(H,22,26)(H,20,21,24)/t15-/m0/s1. The Hall–Kier alpha value is -3.23. The first kappa shape index (κ1) is 19.5. The Morgan fingerprint density at radius 1 is 1.29 bits per heavy atom. The summed E-state index contributed by atoms with van der Waals surface area (Å²) in [4.78, 5) is 20.9. The van der Waals surface area contributed by atoms with E-state index in [0.29, 0.717) is 42.7 Å². The number of ether oxygens (including phenoxy) is 1. The predicted molar refractivity (Wildman–Crippen MR) is 101 cm³/mol. The van der Waals surface area contributed by atoms with Gasteiger partial charge in [0.25, 0.3) is 0 Å². The van der Waals surface area contributed by atoms with Crippen LogP contribution in [0.1, 0.15) is 44.2 Å². The highest BCUT2D eigenvalue weighted by atomic mass is 16.5. The fraction of sp³-hybridized carbons (Fsp3) is 0.421. The smallest absolute Gasteiger partial charge is 0.249 e. The third kappa shape index (κ3) is 5.15. The normalized spacial score (nSPS) is 12.1. The van der Waals surface area contributed by atoms with Crippen LogP contribution in [0.4, 0.5) is 0 Å². The number of hydrogen-bond acceptors (Lipinski definition) is 7. The number of carbonyl (C=O) groups excluding carboxylic acids is 1. The second-order valence-electron chi connectivity index (χ2n) is 6.89. The van der Waals surface area contributed by atoms with Crippen LogP contribution in [0.5, 0.6) is 5.75 Å². The van der Waals surface area contributed by atoms with E-state index in [4.69, 9.17) is 9.26 Å². The second kappa shape index (κ2) is 9.12. The van der Waals surface area contributed by atoms with Gasteiger partial charge >= 0.3 is 0 Å². The number of amides is 1. The molecule has 0 fully saturated rings. The summed E-state index contributed by atoms with van der Waals surface area (Å²) >= 11 is 0. The summed E-state index contributed by atoms with van der Waals surface area (Å²) in [5.74, 6) is 2.16. The predicted octanol–water partition coefficient (Wildman–Crippen LogP) is 2.70. The Morgan fingerprint density at radius 3 is 2.71 bits per heavy atom. The van der Waals surface area contributed by atoms with Crippen LogP contribution in [0.15, 0.2) is 35.1 Å². The van der Waals surface area contributed by atoms with Crippen LogP contribution in [0.2, 0.25) is 0 Å². The highest BCUT2D eigenvalue weighted by Crippen LogP contribution is 2.22. The van der Waals surface area contributed by atoms with E-state index in [-0.39, 0.29) is 11.9 Å². The number of aryl methyl sites for hydroxylation is 1. The van der Waals surface area contributed by atoms with Gasteiger partial charge in [0.2, 0.25) is 17.6 Å². The Balaban J connectivity index is 1.62. The van der Waals surface area contributed by atoms with Crippen molar-refractivity contribution < 1.29 is 14.1 Å². The maximum atomic E-state index is 12.5. The highest BCUT2D eigenvalue weighted by Gasteiger charge is 2.23. The molecule has 0 saturated heterocycles. The lowest BCUT2D eigenvalue weighted by Crippen LogP contribution is -2.30. The minimum absolute atomic E-state index is 0.0686. The van der Waals surface area contributed by atoms with Gasteiger partial charge in [-0.05, 0) is 36.5 Å². The number of aromatic nitrogens is 5. The van der Waals surface area contributed by atoms with Gasteiger partial charge in [0.05, 0.1) is 7.11 Å². The number of rotatable bonds is 9. The number of H-pyrrole nitrogens is 1. The van der Waals surface area contributed by atoms with E-state index >= 15 is 0 Å². The van der Waals surface area contributed by atoms with Crippen LogP contribution in [0, 0.1) is 5.92 Å². The Labute approximate surface area is 162 Å². The first-order valence-corrected chi connectivity index (χ1v) is 9.16. The van der Waals surface area contributed by atoms with Crippen molar-refractivity contribution in [2.75, 3.05) is 7.11 Å². The van der Waals surface area contributed by atoms with Crippen molar-refractivity contribution in [2.24, 2.45) is 5.92 Å². The summed E-state index contributed by atoms with van der Waals surface area (Å²) in [6.07, 6.45) is 3.06. The molecule has 0 saturated carbocycles. The third-order valence-electron chi connectivity index (χ3n) is 4.21. The number of hydrogen-bond donors (Lipinski definition) is 2. The van der Waals surface area contributed by atoms with Crippen LogP contribution >= 0.6 is 0 Å². The molecular formula is C19H24N6O3. The number of benzene rings is 1. The zero-order valence-corrected chi connectivity index (χ0v) is 16.2. The van der Waals surface area contributed by atoms with E-state index < -0.39 is 0 Å². The van der Waals surface area contributed by atoms with Gasteiger partial charge in [-0.15, -0.1) is 0 Å². The molecule has 0 spiro atoms. The lowest BCUT2D eigenvalue weighted by Gasteiger charge is -2.17. The summed E-state index contributed by atoms with van der Waals surface area (Å²) in [5.41, 5.74) is 1.07. The Kier molecular flexibility index (Phi) is 6.36. The molecule has 2 heterocycles. The average Bonchev–Trinajstić information content (AvgIpc) is 3.37. The van der Waals surface area contributed by atoms with Crippen molar-refractivity contribution in [2.45, 2.75) is 39.2 Å². The molecule has 0 unspecified atom stereocenters. The van der Waals surface area contributed by atoms with E-state index in [1.165, 1.54) is 6.33 Å². The van der Waals surface area contributed by atoms with Crippen molar-refractivity contribution in [3.05, 3.63) is 42.0 Å². The number of nitrogens with zero attached hydrogens (tertiary/aromatic N) is 4. The minimum Gasteiger partial charge on any atom is -0.497 e. The monoisotopic (exact) mass is 384 g/mol. The first-order valence-electron chi connectivity index (χ1n) is 9.16. The topological polar surface area (TPSA) is 119 Å². The molecular weight excluding hydrogens is 360 g/mol. The lowest BCUT2D eigenvalue weighted by molar-refractivity contribution is -0.122. The van der Waals surface area contributed by atoms with E-state index in [9.17, 15) is 4.79 Å². The number of methoxy groups -OCH3 is 1. The van der Waals surface area contributed by atoms with Gasteiger partial charge in [-0.25, -0.2) is 4.98 Å². The highest BCUT2D eigenvalue weighted by molar-refractivity contribution is 5.76. The molecule has 1 aromatic carbocycles. The van der Waals surface area contributed by atoms with Crippen LogP contribution < -0.4 is 10.1 Å². The van der Waals surface area contributed by atoms with E-state index in [0.717, 1.165) is 11.3 Å². The van der Waals surface area contributed by atoms with Crippen LogP contribution in [-0.2, 0) is 11.2 Å². The van der Waals surface area contributed by atoms with E-state index in [1.54, 1.807) is 7.11 Å². The molecule has 0 aliphatic heterocycles. The zero-order chi connectivity index (χ0) is 19.9. The summed E-state index contributed by atoms with van der Waals surface area (Å²) < 4.78 is 10.5.